The summed E-state index contributed by atoms with van der Waals surface area (Å²) in [4.78, 5) is 13.8. The van der Waals surface area contributed by atoms with Crippen LogP contribution in [-0.2, 0) is 6.54 Å². The summed E-state index contributed by atoms with van der Waals surface area (Å²) in [5.74, 6) is 0.832. The summed E-state index contributed by atoms with van der Waals surface area (Å²) in [5.41, 5.74) is 7.58. The van der Waals surface area contributed by atoms with Gasteiger partial charge < -0.3 is 10.6 Å². The van der Waals surface area contributed by atoms with Crippen LogP contribution < -0.4 is 10.6 Å². The molecule has 1 atom stereocenters. The second kappa shape index (κ2) is 5.63. The van der Waals surface area contributed by atoms with Crippen molar-refractivity contribution in [3.8, 4) is 0 Å². The van der Waals surface area contributed by atoms with Crippen LogP contribution in [0.25, 0.3) is 0 Å². The third-order valence-electron chi connectivity index (χ3n) is 3.56. The Morgan fingerprint density at radius 2 is 2.17 bits per heavy atom. The standard InChI is InChI=1S/C13H23N5/c1-4-17-5-6-18(9-11(17)3)13-15-10(2)7-12(8-14)16-13/h7,11H,4-6,8-9,14H2,1-3H3. The van der Waals surface area contributed by atoms with Crippen molar-refractivity contribution < 1.29 is 0 Å². The zero-order chi connectivity index (χ0) is 13.1. The number of hydrogen-bond acceptors (Lipinski definition) is 5. The monoisotopic (exact) mass is 249 g/mol. The molecule has 1 aromatic heterocycles. The number of hydrogen-bond donors (Lipinski definition) is 1. The van der Waals surface area contributed by atoms with E-state index in [9.17, 15) is 0 Å². The Morgan fingerprint density at radius 1 is 1.39 bits per heavy atom. The quantitative estimate of drug-likeness (QED) is 0.857. The third kappa shape index (κ3) is 2.79. The summed E-state index contributed by atoms with van der Waals surface area (Å²) in [6, 6.07) is 2.50. The van der Waals surface area contributed by atoms with Crippen LogP contribution in [0.4, 0.5) is 5.95 Å². The minimum absolute atomic E-state index is 0.473. The molecule has 5 nitrogen and oxygen atoms in total. The molecule has 1 aliphatic rings. The van der Waals surface area contributed by atoms with Crippen molar-refractivity contribution in [3.05, 3.63) is 17.5 Å². The molecule has 1 unspecified atom stereocenters. The number of aryl methyl sites for hydroxylation is 1. The van der Waals surface area contributed by atoms with Crippen LogP contribution in [0.5, 0.6) is 0 Å². The molecule has 0 amide bonds. The molecule has 0 aliphatic carbocycles. The average molecular weight is 249 g/mol. The van der Waals surface area contributed by atoms with Gasteiger partial charge in [-0.05, 0) is 26.5 Å². The zero-order valence-electron chi connectivity index (χ0n) is 11.6. The highest BCUT2D eigenvalue weighted by Crippen LogP contribution is 2.16. The number of nitrogens with two attached hydrogens (primary N) is 1. The third-order valence-corrected chi connectivity index (χ3v) is 3.56. The van der Waals surface area contributed by atoms with E-state index in [-0.39, 0.29) is 0 Å². The summed E-state index contributed by atoms with van der Waals surface area (Å²) >= 11 is 0. The first kappa shape index (κ1) is 13.2. The van der Waals surface area contributed by atoms with Crippen LogP contribution >= 0.6 is 0 Å². The van der Waals surface area contributed by atoms with Crippen molar-refractivity contribution >= 4 is 5.95 Å². The summed E-state index contributed by atoms with van der Waals surface area (Å²) in [7, 11) is 0. The lowest BCUT2D eigenvalue weighted by Crippen LogP contribution is -2.52. The Balaban J connectivity index is 2.15. The SMILES string of the molecule is CCN1CCN(c2nc(C)cc(CN)n2)CC1C. The largest absolute Gasteiger partial charge is 0.338 e. The average Bonchev–Trinajstić information content (AvgIpc) is 2.37. The maximum atomic E-state index is 5.67. The van der Waals surface area contributed by atoms with E-state index in [2.05, 4.69) is 33.6 Å². The van der Waals surface area contributed by atoms with Crippen LogP contribution in [0.1, 0.15) is 25.2 Å². The molecule has 0 saturated carbocycles. The summed E-state index contributed by atoms with van der Waals surface area (Å²) in [6.07, 6.45) is 0. The molecule has 2 N–H and O–H groups in total. The number of piperazine rings is 1. The van der Waals surface area contributed by atoms with Crippen molar-refractivity contribution in [1.29, 1.82) is 0 Å². The van der Waals surface area contributed by atoms with Gasteiger partial charge in [-0.2, -0.15) is 0 Å². The topological polar surface area (TPSA) is 58.3 Å². The minimum Gasteiger partial charge on any atom is -0.338 e. The number of nitrogens with zero attached hydrogens (tertiary/aromatic N) is 4. The van der Waals surface area contributed by atoms with Crippen LogP contribution in [0.2, 0.25) is 0 Å². The fourth-order valence-corrected chi connectivity index (χ4v) is 2.51. The highest BCUT2D eigenvalue weighted by molar-refractivity contribution is 5.33. The molecule has 1 saturated heterocycles. The number of rotatable bonds is 3. The van der Waals surface area contributed by atoms with Crippen LogP contribution in [0.15, 0.2) is 6.07 Å². The van der Waals surface area contributed by atoms with Crippen LogP contribution in [0, 0.1) is 6.92 Å². The van der Waals surface area contributed by atoms with E-state index in [1.54, 1.807) is 0 Å². The van der Waals surface area contributed by atoms with Gasteiger partial charge in [-0.3, -0.25) is 4.90 Å². The number of likely N-dealkylation sites (N-methyl/N-ethyl adjacent to an activating group) is 1. The lowest BCUT2D eigenvalue weighted by atomic mass is 10.2. The van der Waals surface area contributed by atoms with E-state index in [0.29, 0.717) is 12.6 Å². The van der Waals surface area contributed by atoms with Gasteiger partial charge in [0.2, 0.25) is 5.95 Å². The molecular weight excluding hydrogens is 226 g/mol. The van der Waals surface area contributed by atoms with Gasteiger partial charge in [0, 0.05) is 37.9 Å². The molecule has 0 radical (unpaired) electrons. The van der Waals surface area contributed by atoms with E-state index in [1.165, 1.54) is 0 Å². The van der Waals surface area contributed by atoms with Crippen LogP contribution in [-0.4, -0.2) is 47.1 Å². The molecule has 100 valence electrons. The van der Waals surface area contributed by atoms with Crippen molar-refractivity contribution in [1.82, 2.24) is 14.9 Å². The molecule has 1 aromatic rings. The molecule has 1 aliphatic heterocycles. The molecule has 18 heavy (non-hydrogen) atoms. The van der Waals surface area contributed by atoms with E-state index < -0.39 is 0 Å². The fraction of sp³-hybridized carbons (Fsp3) is 0.692. The van der Waals surface area contributed by atoms with Gasteiger partial charge in [-0.1, -0.05) is 6.92 Å². The van der Waals surface area contributed by atoms with Crippen molar-refractivity contribution in [3.63, 3.8) is 0 Å². The number of aromatic nitrogens is 2. The van der Waals surface area contributed by atoms with Gasteiger partial charge in [0.25, 0.3) is 0 Å². The first-order chi connectivity index (χ1) is 8.63. The Kier molecular flexibility index (Phi) is 4.14. The normalized spacial score (nSPS) is 21.3. The molecule has 0 spiro atoms. The minimum atomic E-state index is 0.473. The molecule has 1 fully saturated rings. The first-order valence-electron chi connectivity index (χ1n) is 6.67. The highest BCUT2D eigenvalue weighted by Gasteiger charge is 2.24. The maximum absolute atomic E-state index is 5.67. The molecule has 2 rings (SSSR count). The van der Waals surface area contributed by atoms with E-state index in [0.717, 1.165) is 43.5 Å². The summed E-state index contributed by atoms with van der Waals surface area (Å²) in [5, 5.41) is 0. The van der Waals surface area contributed by atoms with E-state index >= 15 is 0 Å². The Labute approximate surface area is 109 Å². The van der Waals surface area contributed by atoms with Crippen molar-refractivity contribution in [2.24, 2.45) is 5.73 Å². The molecule has 0 aromatic carbocycles. The lowest BCUT2D eigenvalue weighted by molar-refractivity contribution is 0.198. The van der Waals surface area contributed by atoms with Gasteiger partial charge in [0.05, 0.1) is 5.69 Å². The Bertz CT molecular complexity index is 406. The predicted octanol–water partition coefficient (Wildman–Crippen LogP) is 0.774. The van der Waals surface area contributed by atoms with Gasteiger partial charge in [0.15, 0.2) is 0 Å². The highest BCUT2D eigenvalue weighted by atomic mass is 15.3. The van der Waals surface area contributed by atoms with Crippen molar-refractivity contribution in [2.75, 3.05) is 31.1 Å². The summed E-state index contributed by atoms with van der Waals surface area (Å²) < 4.78 is 0. The number of anilines is 1. The van der Waals surface area contributed by atoms with E-state index in [4.69, 9.17) is 5.73 Å². The Hall–Kier alpha value is -1.20. The Morgan fingerprint density at radius 3 is 2.78 bits per heavy atom. The molecule has 0 bridgehead atoms. The first-order valence-corrected chi connectivity index (χ1v) is 6.67. The fourth-order valence-electron chi connectivity index (χ4n) is 2.51. The smallest absolute Gasteiger partial charge is 0.225 e. The van der Waals surface area contributed by atoms with Crippen molar-refractivity contribution in [2.45, 2.75) is 33.4 Å². The van der Waals surface area contributed by atoms with Crippen LogP contribution in [0.3, 0.4) is 0 Å². The zero-order valence-corrected chi connectivity index (χ0v) is 11.6. The molecule has 2 heterocycles. The van der Waals surface area contributed by atoms with E-state index in [1.807, 2.05) is 13.0 Å². The molecule has 5 heteroatoms. The maximum Gasteiger partial charge on any atom is 0.225 e. The summed E-state index contributed by atoms with van der Waals surface area (Å²) in [6.45, 7) is 11.1. The van der Waals surface area contributed by atoms with Gasteiger partial charge in [-0.15, -0.1) is 0 Å². The second-order valence-corrected chi connectivity index (χ2v) is 4.93. The predicted molar refractivity (Wildman–Crippen MR) is 73.6 cm³/mol. The van der Waals surface area contributed by atoms with Gasteiger partial charge >= 0.3 is 0 Å². The molecular formula is C13H23N5. The van der Waals surface area contributed by atoms with Gasteiger partial charge in [0.1, 0.15) is 0 Å². The van der Waals surface area contributed by atoms with Gasteiger partial charge in [-0.25, -0.2) is 9.97 Å². The lowest BCUT2D eigenvalue weighted by Gasteiger charge is -2.39. The second-order valence-electron chi connectivity index (χ2n) is 4.93.